The highest BCUT2D eigenvalue weighted by Crippen LogP contribution is 2.37. The second-order valence-electron chi connectivity index (χ2n) is 8.06. The molecule has 0 unspecified atom stereocenters. The fraction of sp³-hybridized carbons (Fsp3) is 0.154. The first-order chi connectivity index (χ1) is 19.1. The third-order valence-electron chi connectivity index (χ3n) is 5.35. The highest BCUT2D eigenvalue weighted by atomic mass is 19.4. The van der Waals surface area contributed by atoms with Gasteiger partial charge in [0.15, 0.2) is 23.9 Å². The number of para-hydroxylation sites is 1. The van der Waals surface area contributed by atoms with Crippen LogP contribution in [0.5, 0.6) is 28.7 Å². The van der Waals surface area contributed by atoms with Gasteiger partial charge in [-0.2, -0.15) is 18.3 Å². The number of carbonyl (C=O) groups excluding carboxylic acids is 1. The first-order valence-corrected chi connectivity index (χ1v) is 11.4. The van der Waals surface area contributed by atoms with Crippen LogP contribution >= 0.6 is 0 Å². The number of nitro benzene ring substituents is 1. The maximum atomic E-state index is 13.0. The van der Waals surface area contributed by atoms with Crippen LogP contribution in [0.4, 0.5) is 24.5 Å². The third kappa shape index (κ3) is 6.59. The largest absolute Gasteiger partial charge is 0.493 e. The number of alkyl halides is 3. The summed E-state index contributed by atoms with van der Waals surface area (Å²) in [5.41, 5.74) is -1.48. The Bertz CT molecular complexity index is 1520. The van der Waals surface area contributed by atoms with Crippen molar-refractivity contribution < 1.29 is 41.8 Å². The minimum absolute atomic E-state index is 0.0364. The van der Waals surface area contributed by atoms with Crippen LogP contribution in [-0.2, 0) is 12.9 Å². The fourth-order valence-electron chi connectivity index (χ4n) is 3.53. The summed E-state index contributed by atoms with van der Waals surface area (Å²) < 4.78 is 62.2. The molecular formula is C26H21F3N4O7. The van der Waals surface area contributed by atoms with Crippen LogP contribution in [0.15, 0.2) is 72.9 Å². The minimum atomic E-state index is -4.60. The van der Waals surface area contributed by atoms with Crippen LogP contribution in [-0.4, -0.2) is 34.8 Å². The molecule has 1 N–H and O–H groups in total. The van der Waals surface area contributed by atoms with Gasteiger partial charge in [0.2, 0.25) is 5.75 Å². The van der Waals surface area contributed by atoms with Crippen molar-refractivity contribution in [1.29, 1.82) is 0 Å². The van der Waals surface area contributed by atoms with Crippen molar-refractivity contribution in [2.24, 2.45) is 0 Å². The van der Waals surface area contributed by atoms with Gasteiger partial charge in [-0.05, 0) is 36.4 Å². The average Bonchev–Trinajstić information content (AvgIpc) is 3.40. The van der Waals surface area contributed by atoms with Crippen LogP contribution in [0, 0.1) is 10.1 Å². The Balaban J connectivity index is 1.49. The SMILES string of the molecule is COc1cccc(OC)c1OCn1ccc(C(=O)Nc2cc(Oc3cccc(C(F)(F)F)c3)cc([N+](=O)[O-])c2)n1. The van der Waals surface area contributed by atoms with Gasteiger partial charge >= 0.3 is 6.18 Å². The maximum absolute atomic E-state index is 13.0. The molecule has 1 aromatic heterocycles. The van der Waals surface area contributed by atoms with Crippen molar-refractivity contribution in [2.45, 2.75) is 12.9 Å². The Labute approximate surface area is 224 Å². The number of anilines is 1. The lowest BCUT2D eigenvalue weighted by atomic mass is 10.2. The highest BCUT2D eigenvalue weighted by Gasteiger charge is 2.30. The highest BCUT2D eigenvalue weighted by molar-refractivity contribution is 6.03. The summed E-state index contributed by atoms with van der Waals surface area (Å²) in [6, 6.07) is 13.9. The van der Waals surface area contributed by atoms with Gasteiger partial charge in [0.05, 0.1) is 36.5 Å². The zero-order chi connectivity index (χ0) is 28.9. The molecule has 4 aromatic rings. The number of nitrogens with one attached hydrogen (secondary N) is 1. The summed E-state index contributed by atoms with van der Waals surface area (Å²) in [6.45, 7) is -0.101. The molecular weight excluding hydrogens is 537 g/mol. The predicted molar refractivity (Wildman–Crippen MR) is 135 cm³/mol. The van der Waals surface area contributed by atoms with E-state index in [-0.39, 0.29) is 29.6 Å². The molecule has 14 heteroatoms. The summed E-state index contributed by atoms with van der Waals surface area (Å²) >= 11 is 0. The van der Waals surface area contributed by atoms with E-state index in [1.165, 1.54) is 43.3 Å². The van der Waals surface area contributed by atoms with Crippen molar-refractivity contribution >= 4 is 17.3 Å². The Morgan fingerprint density at radius 2 is 1.70 bits per heavy atom. The van der Waals surface area contributed by atoms with Crippen molar-refractivity contribution in [3.8, 4) is 28.7 Å². The predicted octanol–water partition coefficient (Wildman–Crippen LogP) is 5.91. The number of rotatable bonds is 10. The van der Waals surface area contributed by atoms with E-state index in [1.54, 1.807) is 18.2 Å². The molecule has 0 bridgehead atoms. The van der Waals surface area contributed by atoms with Gasteiger partial charge in [-0.1, -0.05) is 12.1 Å². The summed E-state index contributed by atoms with van der Waals surface area (Å²) in [6.07, 6.45) is -3.12. The van der Waals surface area contributed by atoms with Gasteiger partial charge in [0, 0.05) is 18.3 Å². The molecule has 0 spiro atoms. The molecule has 4 rings (SSSR count). The van der Waals surface area contributed by atoms with E-state index in [9.17, 15) is 28.1 Å². The second kappa shape index (κ2) is 11.6. The van der Waals surface area contributed by atoms with Crippen LogP contribution in [0.2, 0.25) is 0 Å². The number of nitro groups is 1. The van der Waals surface area contributed by atoms with Crippen molar-refractivity contribution in [3.05, 3.63) is 94.3 Å². The van der Waals surface area contributed by atoms with E-state index in [4.69, 9.17) is 18.9 Å². The van der Waals surface area contributed by atoms with Crippen LogP contribution in [0.1, 0.15) is 16.1 Å². The molecule has 0 aliphatic carbocycles. The maximum Gasteiger partial charge on any atom is 0.416 e. The molecule has 0 saturated carbocycles. The zero-order valence-corrected chi connectivity index (χ0v) is 21.0. The van der Waals surface area contributed by atoms with Gasteiger partial charge in [0.1, 0.15) is 11.5 Å². The normalized spacial score (nSPS) is 11.0. The molecule has 40 heavy (non-hydrogen) atoms. The monoisotopic (exact) mass is 558 g/mol. The molecule has 11 nitrogen and oxygen atoms in total. The first-order valence-electron chi connectivity index (χ1n) is 11.4. The topological polar surface area (TPSA) is 127 Å². The number of aromatic nitrogens is 2. The summed E-state index contributed by atoms with van der Waals surface area (Å²) in [5, 5.41) is 18.0. The second-order valence-corrected chi connectivity index (χ2v) is 8.06. The van der Waals surface area contributed by atoms with Crippen LogP contribution in [0.25, 0.3) is 0 Å². The standard InChI is InChI=1S/C26H21F3N4O7/c1-37-22-7-4-8-23(38-2)24(22)39-15-32-10-9-21(31-32)25(34)30-17-12-18(33(35)36)14-20(13-17)40-19-6-3-5-16(11-19)26(27,28)29/h3-14H,15H2,1-2H3,(H,30,34). The molecule has 0 aliphatic rings. The Kier molecular flexibility index (Phi) is 8.07. The average molecular weight is 558 g/mol. The number of non-ortho nitro benzene ring substituents is 1. The molecule has 0 fully saturated rings. The number of methoxy groups -OCH3 is 2. The lowest BCUT2D eigenvalue weighted by Gasteiger charge is -2.13. The number of amides is 1. The number of hydrogen-bond donors (Lipinski definition) is 1. The number of carbonyl (C=O) groups is 1. The quantitative estimate of drug-likeness (QED) is 0.188. The molecule has 0 saturated heterocycles. The Morgan fingerprint density at radius 3 is 2.35 bits per heavy atom. The van der Waals surface area contributed by atoms with E-state index in [0.29, 0.717) is 17.2 Å². The van der Waals surface area contributed by atoms with Gasteiger partial charge in [0.25, 0.3) is 11.6 Å². The number of benzene rings is 3. The van der Waals surface area contributed by atoms with Crippen LogP contribution < -0.4 is 24.3 Å². The number of halogens is 3. The minimum Gasteiger partial charge on any atom is -0.493 e. The van der Waals surface area contributed by atoms with Gasteiger partial charge in [-0.25, -0.2) is 4.68 Å². The molecule has 1 heterocycles. The summed E-state index contributed by atoms with van der Waals surface area (Å²) in [4.78, 5) is 23.5. The summed E-state index contributed by atoms with van der Waals surface area (Å²) in [5.74, 6) is 0.126. The Morgan fingerprint density at radius 1 is 1.00 bits per heavy atom. The molecule has 1 amide bonds. The first kappa shape index (κ1) is 27.8. The third-order valence-corrected chi connectivity index (χ3v) is 5.35. The van der Waals surface area contributed by atoms with Gasteiger partial charge in [-0.15, -0.1) is 0 Å². The zero-order valence-electron chi connectivity index (χ0n) is 21.0. The number of nitrogens with zero attached hydrogens (tertiary/aromatic N) is 3. The van der Waals surface area contributed by atoms with Crippen molar-refractivity contribution in [3.63, 3.8) is 0 Å². The Hall–Kier alpha value is -5.27. The lowest BCUT2D eigenvalue weighted by molar-refractivity contribution is -0.384. The van der Waals surface area contributed by atoms with E-state index >= 15 is 0 Å². The molecule has 3 aromatic carbocycles. The molecule has 0 aliphatic heterocycles. The summed E-state index contributed by atoms with van der Waals surface area (Å²) in [7, 11) is 2.95. The van der Waals surface area contributed by atoms with Crippen LogP contribution in [0.3, 0.4) is 0 Å². The van der Waals surface area contributed by atoms with E-state index in [2.05, 4.69) is 10.4 Å². The fourth-order valence-corrected chi connectivity index (χ4v) is 3.53. The molecule has 208 valence electrons. The van der Waals surface area contributed by atoms with Crippen molar-refractivity contribution in [1.82, 2.24) is 9.78 Å². The number of hydrogen-bond acceptors (Lipinski definition) is 8. The van der Waals surface area contributed by atoms with E-state index < -0.39 is 28.3 Å². The van der Waals surface area contributed by atoms with Gasteiger partial charge in [-0.3, -0.25) is 14.9 Å². The lowest BCUT2D eigenvalue weighted by Crippen LogP contribution is -2.14. The molecule has 0 radical (unpaired) electrons. The molecule has 0 atom stereocenters. The van der Waals surface area contributed by atoms with E-state index in [1.807, 2.05) is 0 Å². The van der Waals surface area contributed by atoms with Gasteiger partial charge < -0.3 is 24.3 Å². The van der Waals surface area contributed by atoms with E-state index in [0.717, 1.165) is 30.3 Å². The smallest absolute Gasteiger partial charge is 0.416 e. The van der Waals surface area contributed by atoms with Crippen molar-refractivity contribution in [2.75, 3.05) is 19.5 Å². The number of ether oxygens (including phenoxy) is 4.